The Kier molecular flexibility index (Phi) is 4.64. The molecule has 4 rings (SSSR count). The average Bonchev–Trinajstić information content (AvgIpc) is 2.96. The van der Waals surface area contributed by atoms with Crippen LogP contribution in [0.4, 0.5) is 5.95 Å². The molecule has 1 aliphatic carbocycles. The molecule has 0 radical (unpaired) electrons. The first-order valence-corrected chi connectivity index (χ1v) is 9.31. The van der Waals surface area contributed by atoms with E-state index in [4.69, 9.17) is 22.3 Å². The molecule has 2 atom stereocenters. The van der Waals surface area contributed by atoms with Crippen LogP contribution in [0.15, 0.2) is 48.5 Å². The summed E-state index contributed by atoms with van der Waals surface area (Å²) in [5, 5.41) is 4.39. The van der Waals surface area contributed by atoms with Gasteiger partial charge in [0.25, 0.3) is 0 Å². The molecule has 0 saturated heterocycles. The van der Waals surface area contributed by atoms with Gasteiger partial charge in [0.1, 0.15) is 0 Å². The third-order valence-electron chi connectivity index (χ3n) is 5.07. The van der Waals surface area contributed by atoms with E-state index in [1.807, 2.05) is 36.4 Å². The van der Waals surface area contributed by atoms with Gasteiger partial charge in [0, 0.05) is 17.1 Å². The predicted octanol–water partition coefficient (Wildman–Crippen LogP) is 4.42. The number of imidazole rings is 1. The van der Waals surface area contributed by atoms with Gasteiger partial charge in [0.15, 0.2) is 0 Å². The Bertz CT molecular complexity index is 873. The zero-order valence-electron chi connectivity index (χ0n) is 14.2. The van der Waals surface area contributed by atoms with Crippen LogP contribution in [0, 0.1) is 0 Å². The highest BCUT2D eigenvalue weighted by molar-refractivity contribution is 6.31. The summed E-state index contributed by atoms with van der Waals surface area (Å²) in [6, 6.07) is 16.6. The lowest BCUT2D eigenvalue weighted by Gasteiger charge is -2.29. The number of nitrogens with two attached hydrogens (primary N) is 1. The van der Waals surface area contributed by atoms with E-state index < -0.39 is 0 Å². The van der Waals surface area contributed by atoms with Gasteiger partial charge in [-0.1, -0.05) is 54.8 Å². The molecule has 1 aromatic heterocycles. The number of anilines is 1. The first-order chi connectivity index (χ1) is 12.2. The van der Waals surface area contributed by atoms with Crippen LogP contribution in [-0.4, -0.2) is 21.6 Å². The Balaban J connectivity index is 1.72. The van der Waals surface area contributed by atoms with E-state index in [9.17, 15) is 0 Å². The number of nitrogens with one attached hydrogen (secondary N) is 1. The summed E-state index contributed by atoms with van der Waals surface area (Å²) < 4.78 is 2.21. The fourth-order valence-electron chi connectivity index (χ4n) is 3.65. The van der Waals surface area contributed by atoms with Crippen molar-refractivity contribution in [2.45, 2.75) is 44.3 Å². The molecule has 2 aromatic carbocycles. The van der Waals surface area contributed by atoms with Crippen molar-refractivity contribution in [3.8, 4) is 0 Å². The normalized spacial score (nSPS) is 20.7. The van der Waals surface area contributed by atoms with Crippen molar-refractivity contribution < 1.29 is 0 Å². The number of fused-ring (bicyclic) bond motifs is 1. The molecule has 1 saturated carbocycles. The molecule has 4 nitrogen and oxygen atoms in total. The smallest absolute Gasteiger partial charge is 0.204 e. The van der Waals surface area contributed by atoms with Crippen molar-refractivity contribution in [2.24, 2.45) is 5.73 Å². The van der Waals surface area contributed by atoms with Gasteiger partial charge in [-0.25, -0.2) is 4.98 Å². The lowest BCUT2D eigenvalue weighted by molar-refractivity contribution is 0.401. The summed E-state index contributed by atoms with van der Waals surface area (Å²) in [6.07, 6.45) is 4.60. The molecule has 130 valence electrons. The zero-order valence-corrected chi connectivity index (χ0v) is 14.9. The number of halogens is 1. The van der Waals surface area contributed by atoms with E-state index in [2.05, 4.69) is 22.0 Å². The minimum atomic E-state index is 0.183. The first-order valence-electron chi connectivity index (χ1n) is 8.93. The number of para-hydroxylation sites is 2. The van der Waals surface area contributed by atoms with Crippen LogP contribution in [0.1, 0.15) is 31.2 Å². The van der Waals surface area contributed by atoms with Gasteiger partial charge >= 0.3 is 0 Å². The van der Waals surface area contributed by atoms with Crippen molar-refractivity contribution in [1.82, 2.24) is 9.55 Å². The Morgan fingerprint density at radius 3 is 2.68 bits per heavy atom. The second-order valence-electron chi connectivity index (χ2n) is 6.80. The summed E-state index contributed by atoms with van der Waals surface area (Å²) in [5.41, 5.74) is 9.51. The summed E-state index contributed by atoms with van der Waals surface area (Å²) in [6.45, 7) is 0.685. The summed E-state index contributed by atoms with van der Waals surface area (Å²) in [7, 11) is 0. The highest BCUT2D eigenvalue weighted by Crippen LogP contribution is 2.26. The summed E-state index contributed by atoms with van der Waals surface area (Å²) in [4.78, 5) is 4.82. The molecule has 3 N–H and O–H groups in total. The third kappa shape index (κ3) is 3.37. The standard InChI is InChI=1S/C20H23ClN4/c21-15-8-2-1-7-14(15)13-25-19-12-6-5-11-18(19)24-20(25)23-17-10-4-3-9-16(17)22/h1-2,5-8,11-12,16-17H,3-4,9-10,13,22H2,(H,23,24)/t16-,17-/m1/s1. The molecule has 0 spiro atoms. The minimum absolute atomic E-state index is 0.183. The molecular formula is C20H23ClN4. The van der Waals surface area contributed by atoms with Gasteiger partial charge in [0.05, 0.1) is 17.6 Å². The number of rotatable bonds is 4. The molecule has 25 heavy (non-hydrogen) atoms. The Morgan fingerprint density at radius 2 is 1.84 bits per heavy atom. The lowest BCUT2D eigenvalue weighted by Crippen LogP contribution is -2.43. The molecular weight excluding hydrogens is 332 g/mol. The largest absolute Gasteiger partial charge is 0.351 e. The van der Waals surface area contributed by atoms with Gasteiger partial charge in [-0.05, 0) is 36.6 Å². The highest BCUT2D eigenvalue weighted by Gasteiger charge is 2.23. The van der Waals surface area contributed by atoms with E-state index in [0.717, 1.165) is 40.4 Å². The van der Waals surface area contributed by atoms with Crippen molar-refractivity contribution in [3.63, 3.8) is 0 Å². The molecule has 0 bridgehead atoms. The van der Waals surface area contributed by atoms with Gasteiger partial charge in [-0.3, -0.25) is 0 Å². The van der Waals surface area contributed by atoms with Crippen LogP contribution in [0.2, 0.25) is 5.02 Å². The van der Waals surface area contributed by atoms with Gasteiger partial charge in [-0.2, -0.15) is 0 Å². The molecule has 5 heteroatoms. The maximum atomic E-state index is 6.39. The topological polar surface area (TPSA) is 55.9 Å². The summed E-state index contributed by atoms with van der Waals surface area (Å²) >= 11 is 6.39. The predicted molar refractivity (Wildman–Crippen MR) is 104 cm³/mol. The lowest BCUT2D eigenvalue weighted by atomic mass is 9.91. The minimum Gasteiger partial charge on any atom is -0.351 e. The Morgan fingerprint density at radius 1 is 1.08 bits per heavy atom. The maximum Gasteiger partial charge on any atom is 0.204 e. The molecule has 0 amide bonds. The number of benzene rings is 2. The molecule has 3 aromatic rings. The van der Waals surface area contributed by atoms with Crippen LogP contribution in [-0.2, 0) is 6.54 Å². The number of hydrogen-bond donors (Lipinski definition) is 2. The number of hydrogen-bond acceptors (Lipinski definition) is 3. The van der Waals surface area contributed by atoms with Crippen molar-refractivity contribution in [3.05, 3.63) is 59.1 Å². The fourth-order valence-corrected chi connectivity index (χ4v) is 3.84. The Hall–Kier alpha value is -2.04. The quantitative estimate of drug-likeness (QED) is 0.729. The van der Waals surface area contributed by atoms with Crippen LogP contribution < -0.4 is 11.1 Å². The number of aromatic nitrogens is 2. The van der Waals surface area contributed by atoms with Crippen LogP contribution in [0.25, 0.3) is 11.0 Å². The third-order valence-corrected chi connectivity index (χ3v) is 5.44. The maximum absolute atomic E-state index is 6.39. The molecule has 0 unspecified atom stereocenters. The van der Waals surface area contributed by atoms with Crippen molar-refractivity contribution in [1.29, 1.82) is 0 Å². The fraction of sp³-hybridized carbons (Fsp3) is 0.350. The Labute approximate surface area is 153 Å². The monoisotopic (exact) mass is 354 g/mol. The molecule has 1 heterocycles. The average molecular weight is 355 g/mol. The van der Waals surface area contributed by atoms with Crippen LogP contribution in [0.5, 0.6) is 0 Å². The van der Waals surface area contributed by atoms with Crippen LogP contribution >= 0.6 is 11.6 Å². The second kappa shape index (κ2) is 7.06. The molecule has 1 aliphatic rings. The second-order valence-corrected chi connectivity index (χ2v) is 7.21. The molecule has 0 aliphatic heterocycles. The summed E-state index contributed by atoms with van der Waals surface area (Å²) in [5.74, 6) is 0.878. The zero-order chi connectivity index (χ0) is 17.2. The first kappa shape index (κ1) is 16.4. The van der Waals surface area contributed by atoms with Crippen LogP contribution in [0.3, 0.4) is 0 Å². The van der Waals surface area contributed by atoms with Gasteiger partial charge in [0.2, 0.25) is 5.95 Å². The van der Waals surface area contributed by atoms with Gasteiger partial charge in [-0.15, -0.1) is 0 Å². The van der Waals surface area contributed by atoms with E-state index in [0.29, 0.717) is 6.54 Å². The van der Waals surface area contributed by atoms with E-state index >= 15 is 0 Å². The SMILES string of the molecule is N[C@@H]1CCCC[C@H]1Nc1nc2ccccc2n1Cc1ccccc1Cl. The number of nitrogens with zero attached hydrogens (tertiary/aromatic N) is 2. The van der Waals surface area contributed by atoms with E-state index in [1.54, 1.807) is 0 Å². The van der Waals surface area contributed by atoms with E-state index in [-0.39, 0.29) is 12.1 Å². The highest BCUT2D eigenvalue weighted by atomic mass is 35.5. The van der Waals surface area contributed by atoms with Gasteiger partial charge < -0.3 is 15.6 Å². The molecule has 1 fully saturated rings. The van der Waals surface area contributed by atoms with E-state index in [1.165, 1.54) is 12.8 Å². The van der Waals surface area contributed by atoms with Crippen molar-refractivity contribution >= 4 is 28.6 Å². The van der Waals surface area contributed by atoms with Crippen molar-refractivity contribution in [2.75, 3.05) is 5.32 Å².